The van der Waals surface area contributed by atoms with Crippen LogP contribution in [0.5, 0.6) is 0 Å². The molecule has 2 N–H and O–H groups in total. The van der Waals surface area contributed by atoms with E-state index in [1.807, 2.05) is 0 Å². The van der Waals surface area contributed by atoms with Crippen LogP contribution in [0.4, 0.5) is 0 Å². The Hall–Kier alpha value is -0.430. The Bertz CT molecular complexity index is 426. The van der Waals surface area contributed by atoms with E-state index in [1.54, 1.807) is 12.1 Å². The number of unbranched alkanes of at least 4 members (excludes halogenated alkanes) is 2. The number of hydrogen-bond donors (Lipinski definition) is 2. The fourth-order valence-electron chi connectivity index (χ4n) is 1.40. The first-order valence-electron chi connectivity index (χ1n) is 5.79. The summed E-state index contributed by atoms with van der Waals surface area (Å²) >= 11 is 1.22. The normalized spacial score (nSPS) is 11.9. The first kappa shape index (κ1) is 14.6. The third-order valence-electron chi connectivity index (χ3n) is 2.33. The summed E-state index contributed by atoms with van der Waals surface area (Å²) in [6.07, 6.45) is 3.48. The van der Waals surface area contributed by atoms with Crippen LogP contribution in [0.15, 0.2) is 16.3 Å². The van der Waals surface area contributed by atoms with Gasteiger partial charge in [-0.25, -0.2) is 13.1 Å². The number of aliphatic hydroxyl groups excluding tert-OH is 1. The Morgan fingerprint density at radius 3 is 2.76 bits per heavy atom. The fourth-order valence-corrected chi connectivity index (χ4v) is 3.86. The average Bonchev–Trinajstić information content (AvgIpc) is 2.74. The molecule has 0 spiro atoms. The van der Waals surface area contributed by atoms with Crippen molar-refractivity contribution >= 4 is 21.4 Å². The van der Waals surface area contributed by atoms with Gasteiger partial charge in [0, 0.05) is 24.4 Å². The predicted octanol–water partition coefficient (Wildman–Crippen LogP) is 1.75. The minimum atomic E-state index is -3.35. The van der Waals surface area contributed by atoms with E-state index in [1.165, 1.54) is 11.3 Å². The van der Waals surface area contributed by atoms with Crippen LogP contribution >= 0.6 is 11.3 Å². The number of rotatable bonds is 8. The van der Waals surface area contributed by atoms with Gasteiger partial charge in [0.25, 0.3) is 0 Å². The van der Waals surface area contributed by atoms with Gasteiger partial charge in [0.15, 0.2) is 0 Å². The molecule has 0 aliphatic carbocycles. The molecule has 1 aromatic heterocycles. The third-order valence-corrected chi connectivity index (χ3v) is 5.43. The largest absolute Gasteiger partial charge is 0.396 e. The number of aliphatic hydroxyl groups is 1. The maximum absolute atomic E-state index is 11.8. The zero-order valence-electron chi connectivity index (χ0n) is 9.98. The first-order chi connectivity index (χ1) is 8.10. The van der Waals surface area contributed by atoms with Gasteiger partial charge in [0.05, 0.1) is 0 Å². The standard InChI is InChI=1S/C11H19NO3S2/c1-2-3-4-8-12-17(14,15)11-6-5-10(16-11)7-9-13/h5-6,12-13H,2-4,7-9H2,1H3. The van der Waals surface area contributed by atoms with Gasteiger partial charge in [0.2, 0.25) is 10.0 Å². The van der Waals surface area contributed by atoms with E-state index in [2.05, 4.69) is 11.6 Å². The average molecular weight is 277 g/mol. The van der Waals surface area contributed by atoms with E-state index in [0.717, 1.165) is 24.1 Å². The molecule has 1 aromatic rings. The summed E-state index contributed by atoms with van der Waals surface area (Å²) in [7, 11) is -3.35. The molecule has 0 amide bonds. The highest BCUT2D eigenvalue weighted by Crippen LogP contribution is 2.21. The molecular formula is C11H19NO3S2. The fraction of sp³-hybridized carbons (Fsp3) is 0.636. The van der Waals surface area contributed by atoms with Gasteiger partial charge in [0.1, 0.15) is 4.21 Å². The summed E-state index contributed by atoms with van der Waals surface area (Å²) in [5.74, 6) is 0. The van der Waals surface area contributed by atoms with Crippen molar-refractivity contribution in [3.05, 3.63) is 17.0 Å². The maximum Gasteiger partial charge on any atom is 0.250 e. The molecule has 0 unspecified atom stereocenters. The second kappa shape index (κ2) is 7.10. The number of hydrogen-bond acceptors (Lipinski definition) is 4. The van der Waals surface area contributed by atoms with Gasteiger partial charge in [-0.15, -0.1) is 11.3 Å². The Morgan fingerprint density at radius 2 is 2.12 bits per heavy atom. The summed E-state index contributed by atoms with van der Waals surface area (Å²) in [6, 6.07) is 3.35. The molecule has 0 aliphatic heterocycles. The summed E-state index contributed by atoms with van der Waals surface area (Å²) in [4.78, 5) is 0.890. The van der Waals surface area contributed by atoms with Crippen molar-refractivity contribution < 1.29 is 13.5 Å². The molecule has 0 atom stereocenters. The molecule has 6 heteroatoms. The predicted molar refractivity (Wildman–Crippen MR) is 69.8 cm³/mol. The van der Waals surface area contributed by atoms with Crippen LogP contribution in [-0.2, 0) is 16.4 Å². The van der Waals surface area contributed by atoms with Crippen molar-refractivity contribution in [2.24, 2.45) is 0 Å². The first-order valence-corrected chi connectivity index (χ1v) is 8.09. The van der Waals surface area contributed by atoms with Gasteiger partial charge < -0.3 is 5.11 Å². The van der Waals surface area contributed by atoms with Crippen LogP contribution in [0.2, 0.25) is 0 Å². The Labute approximate surface area is 107 Å². The molecule has 0 saturated heterocycles. The zero-order valence-corrected chi connectivity index (χ0v) is 11.6. The zero-order chi connectivity index (χ0) is 12.7. The van der Waals surface area contributed by atoms with Crippen molar-refractivity contribution in [3.8, 4) is 0 Å². The molecule has 4 nitrogen and oxygen atoms in total. The highest BCUT2D eigenvalue weighted by molar-refractivity contribution is 7.91. The summed E-state index contributed by atoms with van der Waals surface area (Å²) < 4.78 is 26.6. The van der Waals surface area contributed by atoms with Gasteiger partial charge in [-0.05, 0) is 18.6 Å². The molecule has 0 aromatic carbocycles. The molecule has 98 valence electrons. The van der Waals surface area contributed by atoms with E-state index in [4.69, 9.17) is 5.11 Å². The molecule has 0 aliphatic rings. The summed E-state index contributed by atoms with van der Waals surface area (Å²) in [5, 5.41) is 8.77. The van der Waals surface area contributed by atoms with E-state index in [9.17, 15) is 8.42 Å². The van der Waals surface area contributed by atoms with E-state index in [-0.39, 0.29) is 6.61 Å². The van der Waals surface area contributed by atoms with Gasteiger partial charge in [-0.1, -0.05) is 19.8 Å². The molecule has 1 rings (SSSR count). The summed E-state index contributed by atoms with van der Waals surface area (Å²) in [6.45, 7) is 2.61. The quantitative estimate of drug-likeness (QED) is 0.711. The van der Waals surface area contributed by atoms with Crippen LogP contribution < -0.4 is 4.72 Å². The minimum Gasteiger partial charge on any atom is -0.396 e. The van der Waals surface area contributed by atoms with Gasteiger partial charge in [-0.2, -0.15) is 0 Å². The minimum absolute atomic E-state index is 0.0456. The topological polar surface area (TPSA) is 66.4 Å². The number of sulfonamides is 1. The lowest BCUT2D eigenvalue weighted by atomic mass is 10.3. The van der Waals surface area contributed by atoms with E-state index < -0.39 is 10.0 Å². The van der Waals surface area contributed by atoms with Crippen molar-refractivity contribution in [2.75, 3.05) is 13.2 Å². The van der Waals surface area contributed by atoms with Crippen molar-refractivity contribution in [1.29, 1.82) is 0 Å². The Kier molecular flexibility index (Phi) is 6.11. The molecule has 0 fully saturated rings. The molecule has 0 bridgehead atoms. The number of nitrogens with one attached hydrogen (secondary N) is 1. The monoisotopic (exact) mass is 277 g/mol. The van der Waals surface area contributed by atoms with E-state index >= 15 is 0 Å². The van der Waals surface area contributed by atoms with Crippen molar-refractivity contribution in [2.45, 2.75) is 36.8 Å². The second-order valence-corrected chi connectivity index (χ2v) is 6.96. The van der Waals surface area contributed by atoms with Gasteiger partial charge in [-0.3, -0.25) is 0 Å². The molecule has 0 radical (unpaired) electrons. The van der Waals surface area contributed by atoms with Crippen LogP contribution in [0.25, 0.3) is 0 Å². The smallest absolute Gasteiger partial charge is 0.250 e. The number of thiophene rings is 1. The van der Waals surface area contributed by atoms with Crippen molar-refractivity contribution in [3.63, 3.8) is 0 Å². The molecular weight excluding hydrogens is 258 g/mol. The van der Waals surface area contributed by atoms with Crippen LogP contribution in [-0.4, -0.2) is 26.7 Å². The van der Waals surface area contributed by atoms with E-state index in [0.29, 0.717) is 17.2 Å². The second-order valence-electron chi connectivity index (χ2n) is 3.80. The highest BCUT2D eigenvalue weighted by atomic mass is 32.2. The van der Waals surface area contributed by atoms with Gasteiger partial charge >= 0.3 is 0 Å². The summed E-state index contributed by atoms with van der Waals surface area (Å²) in [5.41, 5.74) is 0. The lowest BCUT2D eigenvalue weighted by Gasteiger charge is -2.03. The van der Waals surface area contributed by atoms with Crippen LogP contribution in [0, 0.1) is 0 Å². The lowest BCUT2D eigenvalue weighted by Crippen LogP contribution is -2.23. The van der Waals surface area contributed by atoms with Crippen molar-refractivity contribution in [1.82, 2.24) is 4.72 Å². The van der Waals surface area contributed by atoms with Crippen LogP contribution in [0.1, 0.15) is 31.1 Å². The SMILES string of the molecule is CCCCCNS(=O)(=O)c1ccc(CCO)s1. The lowest BCUT2D eigenvalue weighted by molar-refractivity contribution is 0.300. The molecule has 1 heterocycles. The maximum atomic E-state index is 11.8. The Balaban J connectivity index is 2.56. The molecule has 17 heavy (non-hydrogen) atoms. The third kappa shape index (κ3) is 4.75. The highest BCUT2D eigenvalue weighted by Gasteiger charge is 2.15. The Morgan fingerprint density at radius 1 is 1.35 bits per heavy atom. The van der Waals surface area contributed by atoms with Crippen LogP contribution in [0.3, 0.4) is 0 Å². The molecule has 0 saturated carbocycles.